The monoisotopic (exact) mass is 404 g/mol. The first-order chi connectivity index (χ1) is 14.4. The molecule has 0 aliphatic carbocycles. The Morgan fingerprint density at radius 3 is 2.33 bits per heavy atom. The molecule has 2 N–H and O–H groups in total. The first-order valence-electron chi connectivity index (χ1n) is 10.1. The summed E-state index contributed by atoms with van der Waals surface area (Å²) in [6.07, 6.45) is 0. The molecule has 0 saturated heterocycles. The Morgan fingerprint density at radius 1 is 0.967 bits per heavy atom. The van der Waals surface area contributed by atoms with Gasteiger partial charge < -0.3 is 15.4 Å². The normalized spacial score (nSPS) is 11.9. The van der Waals surface area contributed by atoms with Crippen LogP contribution in [0.25, 0.3) is 10.8 Å². The number of hydrogen-bond acceptors (Lipinski definition) is 3. The van der Waals surface area contributed by atoms with E-state index in [0.29, 0.717) is 12.1 Å². The Labute approximate surface area is 177 Å². The number of benzene rings is 3. The van der Waals surface area contributed by atoms with Crippen LogP contribution in [0.5, 0.6) is 5.75 Å². The molecule has 5 nitrogen and oxygen atoms in total. The van der Waals surface area contributed by atoms with Crippen molar-refractivity contribution in [2.45, 2.75) is 33.4 Å². The molecule has 2 amide bonds. The number of methoxy groups -OCH3 is 1. The van der Waals surface area contributed by atoms with Crippen molar-refractivity contribution in [2.24, 2.45) is 5.92 Å². The van der Waals surface area contributed by atoms with Gasteiger partial charge in [0.15, 0.2) is 0 Å². The van der Waals surface area contributed by atoms with Gasteiger partial charge in [0.1, 0.15) is 11.8 Å². The average molecular weight is 405 g/mol. The number of amides is 2. The van der Waals surface area contributed by atoms with Crippen molar-refractivity contribution in [3.8, 4) is 5.75 Å². The van der Waals surface area contributed by atoms with Gasteiger partial charge >= 0.3 is 0 Å². The van der Waals surface area contributed by atoms with Gasteiger partial charge in [0.2, 0.25) is 5.91 Å². The highest BCUT2D eigenvalue weighted by Gasteiger charge is 2.25. The lowest BCUT2D eigenvalue weighted by atomic mass is 10.0. The number of fused-ring (bicyclic) bond motifs is 1. The van der Waals surface area contributed by atoms with Crippen LogP contribution in [0.3, 0.4) is 0 Å². The second-order valence-electron chi connectivity index (χ2n) is 7.75. The number of aryl methyl sites for hydroxylation is 1. The molecule has 0 saturated carbocycles. The van der Waals surface area contributed by atoms with E-state index in [4.69, 9.17) is 4.74 Å². The highest BCUT2D eigenvalue weighted by atomic mass is 16.5. The average Bonchev–Trinajstić information content (AvgIpc) is 2.75. The maximum atomic E-state index is 12.9. The van der Waals surface area contributed by atoms with Gasteiger partial charge in [-0.2, -0.15) is 0 Å². The quantitative estimate of drug-likeness (QED) is 0.619. The molecule has 3 rings (SSSR count). The summed E-state index contributed by atoms with van der Waals surface area (Å²) in [5, 5.41) is 7.96. The Morgan fingerprint density at radius 2 is 1.67 bits per heavy atom. The van der Waals surface area contributed by atoms with E-state index in [9.17, 15) is 9.59 Å². The lowest BCUT2D eigenvalue weighted by Crippen LogP contribution is -2.49. The smallest absolute Gasteiger partial charge is 0.251 e. The Balaban J connectivity index is 1.75. The van der Waals surface area contributed by atoms with Gasteiger partial charge in [0, 0.05) is 17.7 Å². The summed E-state index contributed by atoms with van der Waals surface area (Å²) in [6, 6.07) is 18.5. The van der Waals surface area contributed by atoms with Gasteiger partial charge in [-0.15, -0.1) is 0 Å². The molecular formula is C25H28N2O3. The zero-order valence-corrected chi connectivity index (χ0v) is 17.9. The summed E-state index contributed by atoms with van der Waals surface area (Å²) in [4.78, 5) is 25.6. The van der Waals surface area contributed by atoms with Crippen LogP contribution in [0.2, 0.25) is 0 Å². The number of nitrogens with one attached hydrogen (secondary N) is 2. The molecular weight excluding hydrogens is 376 g/mol. The van der Waals surface area contributed by atoms with Crippen LogP contribution in [0.1, 0.15) is 35.3 Å². The molecule has 0 spiro atoms. The number of carbonyl (C=O) groups excluding carboxylic acids is 2. The van der Waals surface area contributed by atoms with E-state index >= 15 is 0 Å². The molecule has 0 fully saturated rings. The van der Waals surface area contributed by atoms with Gasteiger partial charge in [0.25, 0.3) is 5.91 Å². The zero-order chi connectivity index (χ0) is 21.7. The second-order valence-corrected chi connectivity index (χ2v) is 7.75. The van der Waals surface area contributed by atoms with Crippen LogP contribution in [0.15, 0.2) is 60.7 Å². The number of ether oxygens (including phenoxy) is 1. The summed E-state index contributed by atoms with van der Waals surface area (Å²) < 4.78 is 5.50. The molecule has 1 atom stereocenters. The van der Waals surface area contributed by atoms with E-state index in [2.05, 4.69) is 10.6 Å². The third-order valence-electron chi connectivity index (χ3n) is 5.21. The van der Waals surface area contributed by atoms with Gasteiger partial charge in [-0.05, 0) is 41.8 Å². The first-order valence-corrected chi connectivity index (χ1v) is 10.1. The lowest BCUT2D eigenvalue weighted by molar-refractivity contribution is -0.124. The summed E-state index contributed by atoms with van der Waals surface area (Å²) in [7, 11) is 1.62. The largest absolute Gasteiger partial charge is 0.496 e. The van der Waals surface area contributed by atoms with E-state index in [1.54, 1.807) is 19.2 Å². The van der Waals surface area contributed by atoms with Crippen molar-refractivity contribution in [1.82, 2.24) is 10.6 Å². The highest BCUT2D eigenvalue weighted by molar-refractivity contribution is 5.97. The molecule has 0 bridgehead atoms. The minimum absolute atomic E-state index is 0.0613. The summed E-state index contributed by atoms with van der Waals surface area (Å²) >= 11 is 0. The van der Waals surface area contributed by atoms with Crippen LogP contribution < -0.4 is 15.4 Å². The SMILES string of the molecule is COc1ccc2ccccc2c1CNC(=O)C(NC(=O)c1ccc(C)cc1)C(C)C. The van der Waals surface area contributed by atoms with E-state index in [0.717, 1.165) is 27.6 Å². The topological polar surface area (TPSA) is 67.4 Å². The van der Waals surface area contributed by atoms with Crippen LogP contribution >= 0.6 is 0 Å². The van der Waals surface area contributed by atoms with Crippen LogP contribution in [-0.2, 0) is 11.3 Å². The molecule has 30 heavy (non-hydrogen) atoms. The van der Waals surface area contributed by atoms with Crippen LogP contribution in [0.4, 0.5) is 0 Å². The molecule has 3 aromatic carbocycles. The van der Waals surface area contributed by atoms with Crippen LogP contribution in [0, 0.1) is 12.8 Å². The van der Waals surface area contributed by atoms with Gasteiger partial charge in [-0.3, -0.25) is 9.59 Å². The van der Waals surface area contributed by atoms with Crippen molar-refractivity contribution in [2.75, 3.05) is 7.11 Å². The Hall–Kier alpha value is -3.34. The third kappa shape index (κ3) is 4.79. The minimum Gasteiger partial charge on any atom is -0.496 e. The summed E-state index contributed by atoms with van der Waals surface area (Å²) in [5.41, 5.74) is 2.53. The number of rotatable bonds is 7. The standard InChI is InChI=1S/C25H28N2O3/c1-16(2)23(27-24(28)19-11-9-17(3)10-12-19)25(29)26-15-21-20-8-6-5-7-18(20)13-14-22(21)30-4/h5-14,16,23H,15H2,1-4H3,(H,26,29)(H,27,28). The third-order valence-corrected chi connectivity index (χ3v) is 5.21. The van der Waals surface area contributed by atoms with E-state index < -0.39 is 6.04 Å². The molecule has 5 heteroatoms. The van der Waals surface area contributed by atoms with Crippen molar-refractivity contribution in [1.29, 1.82) is 0 Å². The fraction of sp³-hybridized carbons (Fsp3) is 0.280. The van der Waals surface area contributed by atoms with E-state index in [1.165, 1.54) is 0 Å². The van der Waals surface area contributed by atoms with E-state index in [-0.39, 0.29) is 17.7 Å². The number of hydrogen-bond donors (Lipinski definition) is 2. The lowest BCUT2D eigenvalue weighted by Gasteiger charge is -2.22. The summed E-state index contributed by atoms with van der Waals surface area (Å²) in [6.45, 7) is 6.11. The maximum Gasteiger partial charge on any atom is 0.251 e. The number of carbonyl (C=O) groups is 2. The maximum absolute atomic E-state index is 12.9. The molecule has 0 aromatic heterocycles. The van der Waals surface area contributed by atoms with Gasteiger partial charge in [-0.25, -0.2) is 0 Å². The fourth-order valence-electron chi connectivity index (χ4n) is 3.44. The molecule has 3 aromatic rings. The van der Waals surface area contributed by atoms with Gasteiger partial charge in [0.05, 0.1) is 7.11 Å². The molecule has 156 valence electrons. The molecule has 0 heterocycles. The van der Waals surface area contributed by atoms with Crippen molar-refractivity contribution >= 4 is 22.6 Å². The molecule has 0 radical (unpaired) electrons. The zero-order valence-electron chi connectivity index (χ0n) is 17.9. The highest BCUT2D eigenvalue weighted by Crippen LogP contribution is 2.27. The first kappa shape index (κ1) is 21.4. The predicted octanol–water partition coefficient (Wildman–Crippen LogP) is 4.23. The summed E-state index contributed by atoms with van der Waals surface area (Å²) in [5.74, 6) is 0.180. The predicted molar refractivity (Wildman–Crippen MR) is 120 cm³/mol. The van der Waals surface area contributed by atoms with Crippen molar-refractivity contribution in [3.05, 3.63) is 77.4 Å². The Bertz CT molecular complexity index is 1040. The van der Waals surface area contributed by atoms with Gasteiger partial charge in [-0.1, -0.05) is 61.9 Å². The molecule has 1 unspecified atom stereocenters. The molecule has 0 aliphatic rings. The fourth-order valence-corrected chi connectivity index (χ4v) is 3.44. The van der Waals surface area contributed by atoms with Crippen molar-refractivity contribution in [3.63, 3.8) is 0 Å². The molecule has 0 aliphatic heterocycles. The van der Waals surface area contributed by atoms with Crippen LogP contribution in [-0.4, -0.2) is 25.0 Å². The Kier molecular flexibility index (Phi) is 6.72. The van der Waals surface area contributed by atoms with E-state index in [1.807, 2.05) is 69.3 Å². The minimum atomic E-state index is -0.639. The van der Waals surface area contributed by atoms with Crippen molar-refractivity contribution < 1.29 is 14.3 Å². The second kappa shape index (κ2) is 9.44.